The van der Waals surface area contributed by atoms with E-state index in [4.69, 9.17) is 0 Å². The number of rotatable bonds is 5. The van der Waals surface area contributed by atoms with E-state index in [9.17, 15) is 13.6 Å². The molecule has 4 rings (SSSR count). The topological polar surface area (TPSA) is 32.3 Å². The molecule has 29 heavy (non-hydrogen) atoms. The molecule has 1 saturated heterocycles. The summed E-state index contributed by atoms with van der Waals surface area (Å²) in [5.74, 6) is -0.704. The third-order valence-electron chi connectivity index (χ3n) is 5.71. The van der Waals surface area contributed by atoms with Crippen LogP contribution < -0.4 is 4.72 Å². The van der Waals surface area contributed by atoms with Crippen LogP contribution in [0.25, 0.3) is 11.1 Å². The first-order chi connectivity index (χ1) is 13.7. The Balaban J connectivity index is 1.49. The molecule has 2 aromatic carbocycles. The van der Waals surface area contributed by atoms with E-state index in [1.807, 2.05) is 29.2 Å². The summed E-state index contributed by atoms with van der Waals surface area (Å²) in [7, 11) is -0.813. The molecule has 0 radical (unpaired) electrons. The lowest BCUT2D eigenvalue weighted by molar-refractivity contribution is -0.131. The highest BCUT2D eigenvalue weighted by molar-refractivity contribution is 8.30. The van der Waals surface area contributed by atoms with Gasteiger partial charge in [0, 0.05) is 30.6 Å². The zero-order chi connectivity index (χ0) is 20.8. The van der Waals surface area contributed by atoms with E-state index >= 15 is 0 Å². The molecule has 1 aliphatic carbocycles. The Morgan fingerprint density at radius 2 is 1.86 bits per heavy atom. The summed E-state index contributed by atoms with van der Waals surface area (Å²) >= 11 is 0. The van der Waals surface area contributed by atoms with Crippen molar-refractivity contribution < 1.29 is 13.6 Å². The van der Waals surface area contributed by atoms with Gasteiger partial charge in [-0.1, -0.05) is 24.3 Å². The van der Waals surface area contributed by atoms with Crippen molar-refractivity contribution in [2.45, 2.75) is 24.8 Å². The van der Waals surface area contributed by atoms with Crippen LogP contribution in [0.2, 0.25) is 0 Å². The van der Waals surface area contributed by atoms with Gasteiger partial charge in [0.2, 0.25) is 5.91 Å². The SMILES string of the molecule is CS(C)(C)NC1CCN(C(=O)C2CC2c2ccccc2-c2cc(F)ccc2F)C1. The molecular formula is C23H28F2N2OS. The van der Waals surface area contributed by atoms with Gasteiger partial charge in [-0.2, -0.15) is 10.2 Å². The second-order valence-corrected chi connectivity index (χ2v) is 12.8. The summed E-state index contributed by atoms with van der Waals surface area (Å²) in [4.78, 5) is 15.0. The Kier molecular flexibility index (Phi) is 5.42. The highest BCUT2D eigenvalue weighted by Crippen LogP contribution is 2.51. The van der Waals surface area contributed by atoms with Crippen molar-refractivity contribution in [1.82, 2.24) is 9.62 Å². The molecule has 2 aliphatic rings. The van der Waals surface area contributed by atoms with Crippen molar-refractivity contribution in [3.8, 4) is 11.1 Å². The molecule has 0 spiro atoms. The van der Waals surface area contributed by atoms with Crippen molar-refractivity contribution >= 4 is 16.1 Å². The lowest BCUT2D eigenvalue weighted by Crippen LogP contribution is -2.36. The molecule has 1 amide bonds. The molecular weight excluding hydrogens is 390 g/mol. The van der Waals surface area contributed by atoms with Gasteiger partial charge in [0.1, 0.15) is 11.6 Å². The molecule has 1 N–H and O–H groups in total. The monoisotopic (exact) mass is 418 g/mol. The van der Waals surface area contributed by atoms with Crippen LogP contribution in [-0.4, -0.2) is 48.7 Å². The largest absolute Gasteiger partial charge is 0.341 e. The minimum absolute atomic E-state index is 0.0616. The van der Waals surface area contributed by atoms with E-state index in [0.29, 0.717) is 11.6 Å². The Bertz CT molecular complexity index is 927. The number of hydrogen-bond donors (Lipinski definition) is 1. The molecule has 156 valence electrons. The smallest absolute Gasteiger partial charge is 0.226 e. The van der Waals surface area contributed by atoms with Gasteiger partial charge in [-0.05, 0) is 66.9 Å². The Hall–Kier alpha value is -1.92. The highest BCUT2D eigenvalue weighted by Gasteiger charge is 2.47. The predicted octanol–water partition coefficient (Wildman–Crippen LogP) is 4.53. The van der Waals surface area contributed by atoms with Crippen LogP contribution >= 0.6 is 10.2 Å². The van der Waals surface area contributed by atoms with Gasteiger partial charge >= 0.3 is 0 Å². The molecule has 1 saturated carbocycles. The van der Waals surface area contributed by atoms with Crippen molar-refractivity contribution in [3.63, 3.8) is 0 Å². The molecule has 3 unspecified atom stereocenters. The van der Waals surface area contributed by atoms with Gasteiger partial charge in [-0.3, -0.25) is 9.52 Å². The zero-order valence-corrected chi connectivity index (χ0v) is 17.9. The van der Waals surface area contributed by atoms with Gasteiger partial charge in [0.15, 0.2) is 0 Å². The normalized spacial score (nSPS) is 24.6. The average Bonchev–Trinajstić information content (AvgIpc) is 3.33. The van der Waals surface area contributed by atoms with E-state index in [0.717, 1.165) is 43.6 Å². The first kappa shape index (κ1) is 20.4. The minimum atomic E-state index is -0.813. The van der Waals surface area contributed by atoms with Crippen molar-refractivity contribution in [2.75, 3.05) is 31.9 Å². The Labute approximate surface area is 172 Å². The highest BCUT2D eigenvalue weighted by atomic mass is 32.3. The molecule has 0 aromatic heterocycles. The third-order valence-corrected chi connectivity index (χ3v) is 6.75. The number of amides is 1. The van der Waals surface area contributed by atoms with Gasteiger partial charge in [-0.25, -0.2) is 8.78 Å². The lowest BCUT2D eigenvalue weighted by atomic mass is 9.95. The third kappa shape index (κ3) is 4.48. The number of likely N-dealkylation sites (tertiary alicyclic amines) is 1. The van der Waals surface area contributed by atoms with E-state index < -0.39 is 21.8 Å². The number of hydrogen-bond acceptors (Lipinski definition) is 2. The Morgan fingerprint density at radius 1 is 1.10 bits per heavy atom. The zero-order valence-electron chi connectivity index (χ0n) is 17.1. The van der Waals surface area contributed by atoms with Crippen molar-refractivity contribution in [3.05, 3.63) is 59.7 Å². The van der Waals surface area contributed by atoms with Gasteiger partial charge in [0.25, 0.3) is 0 Å². The van der Waals surface area contributed by atoms with E-state index in [1.54, 1.807) is 0 Å². The number of carbonyl (C=O) groups is 1. The van der Waals surface area contributed by atoms with Crippen LogP contribution in [0.5, 0.6) is 0 Å². The summed E-state index contributed by atoms with van der Waals surface area (Å²) in [6.45, 7) is 1.54. The van der Waals surface area contributed by atoms with Gasteiger partial charge in [0.05, 0.1) is 0 Å². The van der Waals surface area contributed by atoms with E-state index in [1.165, 1.54) is 6.07 Å². The average molecular weight is 419 g/mol. The quantitative estimate of drug-likeness (QED) is 0.774. The standard InChI is InChI=1S/C23H28F2N2OS/c1-29(2,3)26-16-10-11-27(14-16)23(28)21-13-19(21)17-6-4-5-7-18(17)20-12-15(24)8-9-22(20)25/h4-9,12,16,19,21,26H,10-11,13-14H2,1-3H3. The van der Waals surface area contributed by atoms with Gasteiger partial charge in [-0.15, -0.1) is 0 Å². The van der Waals surface area contributed by atoms with Crippen LogP contribution in [0.1, 0.15) is 24.3 Å². The minimum Gasteiger partial charge on any atom is -0.341 e. The molecule has 2 fully saturated rings. The van der Waals surface area contributed by atoms with E-state index in [2.05, 4.69) is 23.5 Å². The fraction of sp³-hybridized carbons (Fsp3) is 0.435. The van der Waals surface area contributed by atoms with Crippen LogP contribution in [0, 0.1) is 17.6 Å². The second kappa shape index (κ2) is 7.73. The molecule has 1 heterocycles. The number of halogens is 2. The maximum absolute atomic E-state index is 14.4. The first-order valence-electron chi connectivity index (χ1n) is 10.0. The molecule has 3 atom stereocenters. The number of carbonyl (C=O) groups excluding carboxylic acids is 1. The number of benzene rings is 2. The summed E-state index contributed by atoms with van der Waals surface area (Å²) < 4.78 is 31.7. The molecule has 0 bridgehead atoms. The summed E-state index contributed by atoms with van der Waals surface area (Å²) in [6, 6.07) is 11.4. The van der Waals surface area contributed by atoms with Crippen molar-refractivity contribution in [1.29, 1.82) is 0 Å². The molecule has 2 aromatic rings. The first-order valence-corrected chi connectivity index (χ1v) is 12.9. The molecule has 6 heteroatoms. The van der Waals surface area contributed by atoms with Crippen molar-refractivity contribution in [2.24, 2.45) is 5.92 Å². The maximum atomic E-state index is 14.4. The fourth-order valence-electron chi connectivity index (χ4n) is 4.37. The summed E-state index contributed by atoms with van der Waals surface area (Å²) in [5.41, 5.74) is 1.88. The summed E-state index contributed by atoms with van der Waals surface area (Å²) in [6.07, 6.45) is 8.41. The molecule has 3 nitrogen and oxygen atoms in total. The second-order valence-electron chi connectivity index (χ2n) is 8.88. The van der Waals surface area contributed by atoms with Crippen LogP contribution in [0.3, 0.4) is 0 Å². The predicted molar refractivity (Wildman–Crippen MR) is 116 cm³/mol. The molecule has 1 aliphatic heterocycles. The number of nitrogens with zero attached hydrogens (tertiary/aromatic N) is 1. The van der Waals surface area contributed by atoms with Gasteiger partial charge < -0.3 is 4.90 Å². The number of nitrogens with one attached hydrogen (secondary N) is 1. The van der Waals surface area contributed by atoms with Crippen LogP contribution in [0.15, 0.2) is 42.5 Å². The Morgan fingerprint density at radius 3 is 2.62 bits per heavy atom. The van der Waals surface area contributed by atoms with Crippen LogP contribution in [-0.2, 0) is 4.79 Å². The van der Waals surface area contributed by atoms with E-state index in [-0.39, 0.29) is 23.3 Å². The maximum Gasteiger partial charge on any atom is 0.226 e. The lowest BCUT2D eigenvalue weighted by Gasteiger charge is -2.31. The van der Waals surface area contributed by atoms with Crippen LogP contribution in [0.4, 0.5) is 8.78 Å². The summed E-state index contributed by atoms with van der Waals surface area (Å²) in [5, 5.41) is 0. The fourth-order valence-corrected chi connectivity index (χ4v) is 5.56.